The van der Waals surface area contributed by atoms with Crippen LogP contribution in [0.2, 0.25) is 0 Å². The number of carbonyl (C=O) groups excluding carboxylic acids is 1. The van der Waals surface area contributed by atoms with Gasteiger partial charge in [-0.2, -0.15) is 8.78 Å². The second-order valence-electron chi connectivity index (χ2n) is 3.62. The van der Waals surface area contributed by atoms with Crippen LogP contribution in [0, 0.1) is 0 Å². The lowest BCUT2D eigenvalue weighted by atomic mass is 10.1. The largest absolute Gasteiger partial charge is 0.541 e. The number of halogens is 4. The monoisotopic (exact) mass is 393 g/mol. The van der Waals surface area contributed by atoms with Gasteiger partial charge in [0, 0.05) is 9.86 Å². The summed E-state index contributed by atoms with van der Waals surface area (Å²) < 4.78 is 31.4. The van der Waals surface area contributed by atoms with E-state index in [9.17, 15) is 18.7 Å². The lowest BCUT2D eigenvalue weighted by Gasteiger charge is -2.20. The number of aliphatic carboxylic acids is 1. The smallest absolute Gasteiger partial charge is 0.441 e. The summed E-state index contributed by atoms with van der Waals surface area (Å²) in [5.41, 5.74) is 0. The Balaban J connectivity index is 2.64. The van der Waals surface area contributed by atoms with Crippen LogP contribution in [0.15, 0.2) is 39.3 Å². The van der Waals surface area contributed by atoms with Crippen molar-refractivity contribution >= 4 is 48.6 Å². The van der Waals surface area contributed by atoms with Crippen LogP contribution in [0.5, 0.6) is 5.75 Å². The van der Waals surface area contributed by atoms with Crippen molar-refractivity contribution < 1.29 is 23.4 Å². The van der Waals surface area contributed by atoms with Crippen LogP contribution in [-0.2, 0) is 4.79 Å². The van der Waals surface area contributed by atoms with Gasteiger partial charge in [-0.25, -0.2) is 0 Å². The third-order valence-corrected chi connectivity index (χ3v) is 3.61. The van der Waals surface area contributed by atoms with Crippen molar-refractivity contribution in [3.8, 4) is 5.75 Å². The minimum Gasteiger partial charge on any atom is -0.541 e. The molecule has 7 heteroatoms. The zero-order valence-electron chi connectivity index (χ0n) is 9.12. The lowest BCUT2D eigenvalue weighted by molar-refractivity contribution is -0.350. The number of hydrogen-bond donors (Lipinski definition) is 0. The van der Waals surface area contributed by atoms with E-state index in [0.717, 1.165) is 0 Å². The van der Waals surface area contributed by atoms with Gasteiger partial charge in [-0.05, 0) is 27.4 Å². The van der Waals surface area contributed by atoms with Crippen LogP contribution in [0.1, 0.15) is 0 Å². The highest BCUT2D eigenvalue weighted by atomic mass is 79.9. The SMILES string of the molecule is O=C([O-])C(F)(F)Oc1c(Br)cc(Br)c2ccccc12. The summed E-state index contributed by atoms with van der Waals surface area (Å²) in [6.07, 6.45) is -4.40. The first-order valence-electron chi connectivity index (χ1n) is 4.98. The minimum atomic E-state index is -4.40. The first-order valence-corrected chi connectivity index (χ1v) is 6.56. The van der Waals surface area contributed by atoms with E-state index in [2.05, 4.69) is 36.6 Å². The van der Waals surface area contributed by atoms with Gasteiger partial charge in [0.05, 0.1) is 4.47 Å². The number of carbonyl (C=O) groups is 1. The third kappa shape index (κ3) is 2.71. The number of benzene rings is 2. The van der Waals surface area contributed by atoms with Crippen molar-refractivity contribution in [1.29, 1.82) is 0 Å². The van der Waals surface area contributed by atoms with Crippen molar-refractivity contribution in [2.75, 3.05) is 0 Å². The summed E-state index contributed by atoms with van der Waals surface area (Å²) in [7, 11) is 0. The van der Waals surface area contributed by atoms with E-state index in [0.29, 0.717) is 15.2 Å². The molecule has 2 aromatic rings. The van der Waals surface area contributed by atoms with Crippen molar-refractivity contribution in [2.45, 2.75) is 6.11 Å². The van der Waals surface area contributed by atoms with Crippen LogP contribution in [0.3, 0.4) is 0 Å². The molecule has 0 amide bonds. The van der Waals surface area contributed by atoms with Gasteiger partial charge in [-0.3, -0.25) is 0 Å². The number of rotatable bonds is 3. The molecule has 0 saturated heterocycles. The second-order valence-corrected chi connectivity index (χ2v) is 5.33. The normalized spacial score (nSPS) is 11.6. The molecule has 0 heterocycles. The molecule has 0 aliphatic carbocycles. The molecule has 0 unspecified atom stereocenters. The fourth-order valence-corrected chi connectivity index (χ4v) is 2.95. The predicted molar refractivity (Wildman–Crippen MR) is 69.9 cm³/mol. The number of hydrogen-bond acceptors (Lipinski definition) is 3. The highest BCUT2D eigenvalue weighted by Crippen LogP contribution is 2.40. The summed E-state index contributed by atoms with van der Waals surface area (Å²) in [5.74, 6) is -2.85. The number of ether oxygens (including phenoxy) is 1. The number of fused-ring (bicyclic) bond motifs is 1. The first kappa shape index (κ1) is 14.2. The maximum Gasteiger partial charge on any atom is 0.441 e. The van der Waals surface area contributed by atoms with Gasteiger partial charge in [-0.1, -0.05) is 40.2 Å². The Morgan fingerprint density at radius 1 is 1.16 bits per heavy atom. The Hall–Kier alpha value is -1.21. The molecular weight excluding hydrogens is 390 g/mol. The van der Waals surface area contributed by atoms with Crippen molar-refractivity contribution in [1.82, 2.24) is 0 Å². The van der Waals surface area contributed by atoms with E-state index in [1.54, 1.807) is 24.3 Å². The fourth-order valence-electron chi connectivity index (χ4n) is 1.55. The first-order chi connectivity index (χ1) is 8.83. The molecule has 19 heavy (non-hydrogen) atoms. The molecule has 0 saturated carbocycles. The molecule has 0 fully saturated rings. The molecule has 2 aromatic carbocycles. The molecule has 0 spiro atoms. The van der Waals surface area contributed by atoms with E-state index in [1.807, 2.05) is 0 Å². The van der Waals surface area contributed by atoms with Gasteiger partial charge in [0.1, 0.15) is 5.75 Å². The molecule has 0 aromatic heterocycles. The van der Waals surface area contributed by atoms with Crippen molar-refractivity contribution in [2.24, 2.45) is 0 Å². The molecular formula is C12H5Br2F2O3-. The van der Waals surface area contributed by atoms with E-state index < -0.39 is 12.1 Å². The zero-order chi connectivity index (χ0) is 14.2. The van der Waals surface area contributed by atoms with Crippen LogP contribution >= 0.6 is 31.9 Å². The number of carboxylic acid groups (broad SMARTS) is 1. The Morgan fingerprint density at radius 3 is 2.32 bits per heavy atom. The van der Waals surface area contributed by atoms with Gasteiger partial charge in [0.15, 0.2) is 5.97 Å². The van der Waals surface area contributed by atoms with Gasteiger partial charge in [0.2, 0.25) is 0 Å². The summed E-state index contributed by atoms with van der Waals surface area (Å²) in [6.45, 7) is 0. The Kier molecular flexibility index (Phi) is 3.78. The van der Waals surface area contributed by atoms with Crippen molar-refractivity contribution in [3.63, 3.8) is 0 Å². The molecule has 0 aliphatic heterocycles. The number of carboxylic acids is 1. The van der Waals surface area contributed by atoms with E-state index in [4.69, 9.17) is 0 Å². The van der Waals surface area contributed by atoms with E-state index in [1.165, 1.54) is 6.07 Å². The molecule has 0 N–H and O–H groups in total. The quantitative estimate of drug-likeness (QED) is 0.803. The second kappa shape index (κ2) is 5.05. The summed E-state index contributed by atoms with van der Waals surface area (Å²) in [6, 6.07) is 8.09. The summed E-state index contributed by atoms with van der Waals surface area (Å²) in [5, 5.41) is 11.3. The molecule has 2 rings (SSSR count). The average molecular weight is 395 g/mol. The maximum atomic E-state index is 13.1. The topological polar surface area (TPSA) is 49.4 Å². The van der Waals surface area contributed by atoms with Gasteiger partial charge in [-0.15, -0.1) is 0 Å². The van der Waals surface area contributed by atoms with Crippen LogP contribution in [-0.4, -0.2) is 12.1 Å². The Bertz CT molecular complexity index is 659. The minimum absolute atomic E-state index is 0.207. The van der Waals surface area contributed by atoms with Crippen LogP contribution in [0.25, 0.3) is 10.8 Å². The molecule has 0 atom stereocenters. The van der Waals surface area contributed by atoms with E-state index in [-0.39, 0.29) is 10.2 Å². The van der Waals surface area contributed by atoms with Gasteiger partial charge >= 0.3 is 6.11 Å². The third-order valence-electron chi connectivity index (χ3n) is 2.37. The van der Waals surface area contributed by atoms with Crippen LogP contribution in [0.4, 0.5) is 8.78 Å². The summed E-state index contributed by atoms with van der Waals surface area (Å²) >= 11 is 6.36. The van der Waals surface area contributed by atoms with E-state index >= 15 is 0 Å². The average Bonchev–Trinajstić information content (AvgIpc) is 2.34. The van der Waals surface area contributed by atoms with Gasteiger partial charge in [0.25, 0.3) is 0 Å². The summed E-state index contributed by atoms with van der Waals surface area (Å²) in [4.78, 5) is 10.3. The number of alkyl halides is 2. The molecule has 3 nitrogen and oxygen atoms in total. The fraction of sp³-hybridized carbons (Fsp3) is 0.0833. The molecule has 0 aliphatic rings. The maximum absolute atomic E-state index is 13.1. The predicted octanol–water partition coefficient (Wildman–Crippen LogP) is 3.09. The van der Waals surface area contributed by atoms with Gasteiger partial charge < -0.3 is 14.6 Å². The standard InChI is InChI=1S/C12H6Br2F2O3/c13-8-5-9(14)10(19-12(15,16)11(17)18)7-4-2-1-3-6(7)8/h1-5H,(H,17,18)/p-1. The Labute approximate surface area is 123 Å². The molecule has 0 bridgehead atoms. The Morgan fingerprint density at radius 2 is 1.74 bits per heavy atom. The molecule has 100 valence electrons. The van der Waals surface area contributed by atoms with Crippen LogP contribution < -0.4 is 9.84 Å². The molecule has 0 radical (unpaired) electrons. The highest BCUT2D eigenvalue weighted by Gasteiger charge is 2.35. The highest BCUT2D eigenvalue weighted by molar-refractivity contribution is 9.11. The zero-order valence-corrected chi connectivity index (χ0v) is 12.3. The van der Waals surface area contributed by atoms with Crippen molar-refractivity contribution in [3.05, 3.63) is 39.3 Å². The lowest BCUT2D eigenvalue weighted by Crippen LogP contribution is -2.45.